The Morgan fingerprint density at radius 3 is 1.74 bits per heavy atom. The highest BCUT2D eigenvalue weighted by Gasteiger charge is 2.56. The van der Waals surface area contributed by atoms with Gasteiger partial charge in [-0.2, -0.15) is 0 Å². The Kier molecular flexibility index (Phi) is 4.56. The summed E-state index contributed by atoms with van der Waals surface area (Å²) in [5.74, 6) is -2.23. The summed E-state index contributed by atoms with van der Waals surface area (Å²) < 4.78 is 0. The first kappa shape index (κ1) is 23.7. The molecule has 2 N–H and O–H groups in total. The molecule has 5 aromatic carbocycles. The molecule has 0 fully saturated rings. The number of carbonyl (C=O) groups is 2. The number of carboxylic acid groups (broad SMARTS) is 2. The molecule has 6 aliphatic rings. The number of benzene rings is 5. The van der Waals surface area contributed by atoms with Gasteiger partial charge in [0.25, 0.3) is 0 Å². The van der Waals surface area contributed by atoms with Crippen molar-refractivity contribution in [1.82, 2.24) is 0 Å². The first-order chi connectivity index (χ1) is 20.5. The van der Waals surface area contributed by atoms with Crippen molar-refractivity contribution in [2.24, 2.45) is 5.92 Å². The van der Waals surface area contributed by atoms with E-state index in [2.05, 4.69) is 60.7 Å². The zero-order valence-corrected chi connectivity index (χ0v) is 22.6. The largest absolute Gasteiger partial charge is 0.481 e. The van der Waals surface area contributed by atoms with Gasteiger partial charge in [0.1, 0.15) is 5.41 Å². The second-order valence-corrected chi connectivity index (χ2v) is 12.1. The average Bonchev–Trinajstić information content (AvgIpc) is 3.03. The van der Waals surface area contributed by atoms with E-state index in [1.807, 2.05) is 48.5 Å². The molecule has 0 saturated carbocycles. The van der Waals surface area contributed by atoms with Crippen LogP contribution in [0.4, 0.5) is 0 Å². The van der Waals surface area contributed by atoms with Crippen molar-refractivity contribution >= 4 is 11.9 Å². The lowest BCUT2D eigenvalue weighted by Crippen LogP contribution is -2.47. The Morgan fingerprint density at radius 2 is 1.10 bits per heavy atom. The Morgan fingerprint density at radius 1 is 0.571 bits per heavy atom. The highest BCUT2D eigenvalue weighted by molar-refractivity contribution is 5.97. The van der Waals surface area contributed by atoms with Gasteiger partial charge in [-0.15, -0.1) is 0 Å². The van der Waals surface area contributed by atoms with E-state index in [1.165, 1.54) is 11.1 Å². The third kappa shape index (κ3) is 2.73. The standard InChI is InChI=1S/C38H26O4/c39-36(40)30-19-28-22-7-1-2-8-24(22)34(30)29-17-20(13-15-23(28)29)21-14-16-27-33(18-21)38(37(41)42)31-11-5-3-9-25(31)35(27)26-10-4-6-12-32(26)38/h1-18,28,30,34-35H,19H2,(H,39,40)(H,41,42). The van der Waals surface area contributed by atoms with Crippen LogP contribution in [0, 0.1) is 5.92 Å². The molecule has 6 aliphatic carbocycles. The van der Waals surface area contributed by atoms with E-state index in [1.54, 1.807) is 0 Å². The van der Waals surface area contributed by atoms with Crippen LogP contribution in [-0.2, 0) is 15.0 Å². The fourth-order valence-corrected chi connectivity index (χ4v) is 8.88. The molecular weight excluding hydrogens is 520 g/mol. The van der Waals surface area contributed by atoms with Crippen LogP contribution in [0.5, 0.6) is 0 Å². The highest BCUT2D eigenvalue weighted by atomic mass is 16.4. The van der Waals surface area contributed by atoms with Crippen molar-refractivity contribution in [3.8, 4) is 11.1 Å². The van der Waals surface area contributed by atoms with E-state index < -0.39 is 23.3 Å². The predicted octanol–water partition coefficient (Wildman–Crippen LogP) is 7.26. The Hall–Kier alpha value is -4.96. The van der Waals surface area contributed by atoms with Gasteiger partial charge in [-0.3, -0.25) is 9.59 Å². The number of fused-ring (bicyclic) bond motifs is 1. The minimum Gasteiger partial charge on any atom is -0.481 e. The number of aliphatic carboxylic acids is 2. The normalized spacial score (nSPS) is 25.0. The van der Waals surface area contributed by atoms with Gasteiger partial charge >= 0.3 is 11.9 Å². The molecule has 42 heavy (non-hydrogen) atoms. The number of hydrogen-bond donors (Lipinski definition) is 2. The molecule has 0 aliphatic heterocycles. The van der Waals surface area contributed by atoms with E-state index in [4.69, 9.17) is 0 Å². The maximum atomic E-state index is 13.5. The van der Waals surface area contributed by atoms with Crippen molar-refractivity contribution in [2.45, 2.75) is 29.6 Å². The van der Waals surface area contributed by atoms with Crippen LogP contribution in [0.15, 0.2) is 109 Å². The fraction of sp³-hybridized carbons (Fsp3) is 0.158. The van der Waals surface area contributed by atoms with Crippen LogP contribution >= 0.6 is 0 Å². The quantitative estimate of drug-likeness (QED) is 0.250. The molecule has 202 valence electrons. The van der Waals surface area contributed by atoms with Gasteiger partial charge in [0.05, 0.1) is 5.92 Å². The summed E-state index contributed by atoms with van der Waals surface area (Å²) in [6.45, 7) is 0. The number of hydrogen-bond acceptors (Lipinski definition) is 2. The number of carboxylic acids is 2. The van der Waals surface area contributed by atoms with Gasteiger partial charge in [0, 0.05) is 17.8 Å². The first-order valence-corrected chi connectivity index (χ1v) is 14.5. The van der Waals surface area contributed by atoms with Gasteiger partial charge in [0.2, 0.25) is 0 Å². The summed E-state index contributed by atoms with van der Waals surface area (Å²) in [5.41, 5.74) is 10.9. The summed E-state index contributed by atoms with van der Waals surface area (Å²) in [6.07, 6.45) is 0.615. The highest BCUT2D eigenvalue weighted by Crippen LogP contribution is 2.60. The number of rotatable bonds is 3. The molecule has 11 rings (SSSR count). The molecule has 0 radical (unpaired) electrons. The molecule has 0 aromatic heterocycles. The Labute approximate surface area is 242 Å². The smallest absolute Gasteiger partial charge is 0.323 e. The SMILES string of the molecule is O=C(O)C1CC2c3ccccc3C1c1cc(-c3ccc4c(c3)C3(C(=O)O)c5ccccc5C4c4ccccc43)ccc12. The average molecular weight is 547 g/mol. The van der Waals surface area contributed by atoms with Crippen molar-refractivity contribution in [1.29, 1.82) is 0 Å². The topological polar surface area (TPSA) is 74.6 Å². The minimum atomic E-state index is -1.30. The minimum absolute atomic E-state index is 0.0187. The Bertz CT molecular complexity index is 1970. The van der Waals surface area contributed by atoms with Gasteiger partial charge in [-0.1, -0.05) is 103 Å². The van der Waals surface area contributed by atoms with Gasteiger partial charge in [0.15, 0.2) is 0 Å². The van der Waals surface area contributed by atoms with E-state index in [9.17, 15) is 19.8 Å². The zero-order valence-electron chi connectivity index (χ0n) is 22.6. The second kappa shape index (κ2) is 8.07. The van der Waals surface area contributed by atoms with Crippen molar-refractivity contribution in [3.05, 3.63) is 165 Å². The van der Waals surface area contributed by atoms with E-state index in [0.717, 1.165) is 55.6 Å². The molecule has 0 amide bonds. The predicted molar refractivity (Wildman–Crippen MR) is 159 cm³/mol. The van der Waals surface area contributed by atoms with Crippen LogP contribution < -0.4 is 0 Å². The van der Waals surface area contributed by atoms with Crippen LogP contribution in [0.25, 0.3) is 11.1 Å². The molecule has 5 aromatic rings. The van der Waals surface area contributed by atoms with Gasteiger partial charge < -0.3 is 10.2 Å². The second-order valence-electron chi connectivity index (χ2n) is 12.1. The maximum Gasteiger partial charge on any atom is 0.323 e. The summed E-state index contributed by atoms with van der Waals surface area (Å²) in [7, 11) is 0. The monoisotopic (exact) mass is 546 g/mol. The van der Waals surface area contributed by atoms with Crippen LogP contribution in [0.1, 0.15) is 79.8 Å². The molecular formula is C38H26O4. The van der Waals surface area contributed by atoms with Crippen molar-refractivity contribution in [2.75, 3.05) is 0 Å². The van der Waals surface area contributed by atoms with Gasteiger partial charge in [-0.25, -0.2) is 0 Å². The lowest BCUT2D eigenvalue weighted by atomic mass is 9.52. The summed E-state index contributed by atoms with van der Waals surface area (Å²) in [6, 6.07) is 37.0. The summed E-state index contributed by atoms with van der Waals surface area (Å²) in [5, 5.41) is 21.2. The Balaban J connectivity index is 1.25. The van der Waals surface area contributed by atoms with Gasteiger partial charge in [-0.05, 0) is 79.2 Å². The molecule has 0 spiro atoms. The zero-order chi connectivity index (χ0) is 28.3. The van der Waals surface area contributed by atoms with Crippen molar-refractivity contribution in [3.63, 3.8) is 0 Å². The summed E-state index contributed by atoms with van der Waals surface area (Å²) in [4.78, 5) is 25.9. The third-order valence-electron chi connectivity index (χ3n) is 10.5. The fourth-order valence-electron chi connectivity index (χ4n) is 8.88. The van der Waals surface area contributed by atoms with E-state index in [0.29, 0.717) is 6.42 Å². The molecule has 4 bridgehead atoms. The lowest BCUT2D eigenvalue weighted by molar-refractivity contribution is -0.143. The first-order valence-electron chi connectivity index (χ1n) is 14.5. The van der Waals surface area contributed by atoms with E-state index in [-0.39, 0.29) is 17.8 Å². The molecule has 0 heterocycles. The summed E-state index contributed by atoms with van der Waals surface area (Å²) >= 11 is 0. The lowest BCUT2D eigenvalue weighted by Gasteiger charge is -2.48. The third-order valence-corrected chi connectivity index (χ3v) is 10.5. The van der Waals surface area contributed by atoms with Crippen molar-refractivity contribution < 1.29 is 19.8 Å². The maximum absolute atomic E-state index is 13.5. The van der Waals surface area contributed by atoms with Crippen LogP contribution in [0.3, 0.4) is 0 Å². The molecule has 4 nitrogen and oxygen atoms in total. The van der Waals surface area contributed by atoms with Crippen LogP contribution in [0.2, 0.25) is 0 Å². The molecule has 0 saturated heterocycles. The molecule has 3 unspecified atom stereocenters. The van der Waals surface area contributed by atoms with Crippen LogP contribution in [-0.4, -0.2) is 22.2 Å². The van der Waals surface area contributed by atoms with E-state index >= 15 is 0 Å². The molecule has 3 atom stereocenters. The molecule has 4 heteroatoms.